The van der Waals surface area contributed by atoms with Crippen LogP contribution < -0.4 is 5.32 Å². The van der Waals surface area contributed by atoms with Crippen molar-refractivity contribution in [1.29, 1.82) is 5.26 Å². The van der Waals surface area contributed by atoms with E-state index in [4.69, 9.17) is 40.1 Å². The lowest BCUT2D eigenvalue weighted by atomic mass is 10.5. The van der Waals surface area contributed by atoms with Crippen LogP contribution in [0.1, 0.15) is 0 Å². The van der Waals surface area contributed by atoms with E-state index in [1.807, 2.05) is 0 Å². The first-order valence-corrected chi connectivity index (χ1v) is 3.72. The van der Waals surface area contributed by atoms with Gasteiger partial charge < -0.3 is 5.32 Å². The highest BCUT2D eigenvalue weighted by Crippen LogP contribution is 2.10. The molecule has 6 heteroatoms. The molecule has 0 atom stereocenters. The zero-order valence-electron chi connectivity index (χ0n) is 5.20. The SMILES string of the molecule is N#CC(NC(=O)CCl)=C(Cl)Cl. The van der Waals surface area contributed by atoms with E-state index in [9.17, 15) is 4.79 Å². The lowest BCUT2D eigenvalue weighted by molar-refractivity contribution is -0.117. The van der Waals surface area contributed by atoms with Gasteiger partial charge in [-0.1, -0.05) is 23.2 Å². The number of hydrogen-bond donors (Lipinski definition) is 1. The molecule has 0 heterocycles. The molecular weight excluding hydrogens is 210 g/mol. The second-order valence-electron chi connectivity index (χ2n) is 1.43. The van der Waals surface area contributed by atoms with Crippen LogP contribution in [0, 0.1) is 11.3 Å². The third kappa shape index (κ3) is 4.10. The Labute approximate surface area is 78.5 Å². The van der Waals surface area contributed by atoms with Crippen LogP contribution in [0.25, 0.3) is 0 Å². The zero-order valence-corrected chi connectivity index (χ0v) is 7.46. The Kier molecular flexibility index (Phi) is 5.05. The molecule has 1 N–H and O–H groups in total. The van der Waals surface area contributed by atoms with Gasteiger partial charge in [-0.3, -0.25) is 4.79 Å². The number of rotatable bonds is 2. The second kappa shape index (κ2) is 5.25. The average molecular weight is 213 g/mol. The molecule has 0 unspecified atom stereocenters. The normalized spacial score (nSPS) is 8.18. The summed E-state index contributed by atoms with van der Waals surface area (Å²) in [5.41, 5.74) is -0.195. The number of nitrogens with zero attached hydrogens (tertiary/aromatic N) is 1. The predicted octanol–water partition coefficient (Wildman–Crippen LogP) is 1.51. The fraction of sp³-hybridized carbons (Fsp3) is 0.200. The van der Waals surface area contributed by atoms with Gasteiger partial charge in [0, 0.05) is 0 Å². The van der Waals surface area contributed by atoms with Crippen LogP contribution in [0.15, 0.2) is 10.2 Å². The molecule has 0 aromatic rings. The van der Waals surface area contributed by atoms with Crippen molar-refractivity contribution in [2.45, 2.75) is 0 Å². The number of carbonyl (C=O) groups is 1. The fourth-order valence-corrected chi connectivity index (χ4v) is 0.536. The van der Waals surface area contributed by atoms with Gasteiger partial charge in [0.25, 0.3) is 0 Å². The first-order chi connectivity index (χ1) is 5.11. The minimum absolute atomic E-state index is 0.195. The molecule has 3 nitrogen and oxygen atoms in total. The Morgan fingerprint density at radius 3 is 2.36 bits per heavy atom. The number of nitrogens with one attached hydrogen (secondary N) is 1. The summed E-state index contributed by atoms with van der Waals surface area (Å²) < 4.78 is -0.286. The number of hydrogen-bond acceptors (Lipinski definition) is 2. The molecule has 0 aliphatic heterocycles. The summed E-state index contributed by atoms with van der Waals surface area (Å²) in [5.74, 6) is -0.770. The quantitative estimate of drug-likeness (QED) is 0.558. The maximum Gasteiger partial charge on any atom is 0.239 e. The first kappa shape index (κ1) is 10.6. The van der Waals surface area contributed by atoms with E-state index in [0.29, 0.717) is 0 Å². The maximum atomic E-state index is 10.5. The predicted molar refractivity (Wildman–Crippen MR) is 43.2 cm³/mol. The molecule has 0 fully saturated rings. The zero-order chi connectivity index (χ0) is 8.85. The maximum absolute atomic E-state index is 10.5. The second-order valence-corrected chi connectivity index (χ2v) is 2.65. The van der Waals surface area contributed by atoms with E-state index in [2.05, 4.69) is 5.32 Å². The van der Waals surface area contributed by atoms with Crippen molar-refractivity contribution in [1.82, 2.24) is 5.32 Å². The van der Waals surface area contributed by atoms with Crippen LogP contribution in [-0.4, -0.2) is 11.8 Å². The molecule has 0 saturated carbocycles. The molecule has 0 radical (unpaired) electrons. The Hall–Kier alpha value is -0.430. The van der Waals surface area contributed by atoms with Gasteiger partial charge in [-0.15, -0.1) is 11.6 Å². The highest BCUT2D eigenvalue weighted by molar-refractivity contribution is 6.56. The van der Waals surface area contributed by atoms with Crippen molar-refractivity contribution in [3.63, 3.8) is 0 Å². The van der Waals surface area contributed by atoms with Gasteiger partial charge in [0.2, 0.25) is 5.91 Å². The summed E-state index contributed by atoms with van der Waals surface area (Å²) in [6, 6.07) is 1.59. The van der Waals surface area contributed by atoms with Gasteiger partial charge in [-0.2, -0.15) is 5.26 Å². The van der Waals surface area contributed by atoms with E-state index in [0.717, 1.165) is 0 Å². The standard InChI is InChI=1S/C5H3Cl3N2O/c6-1-4(11)10-3(2-9)5(7)8/h1H2,(H,10,11). The molecule has 60 valence electrons. The Bertz CT molecular complexity index is 226. The largest absolute Gasteiger partial charge is 0.314 e. The van der Waals surface area contributed by atoms with Gasteiger partial charge >= 0.3 is 0 Å². The number of allylic oxidation sites excluding steroid dienone is 1. The molecule has 0 aliphatic rings. The van der Waals surface area contributed by atoms with Gasteiger partial charge in [0.1, 0.15) is 16.4 Å². The van der Waals surface area contributed by atoms with Crippen LogP contribution >= 0.6 is 34.8 Å². The summed E-state index contributed by atoms with van der Waals surface area (Å²) >= 11 is 15.5. The van der Waals surface area contributed by atoms with Crippen LogP contribution in [0.4, 0.5) is 0 Å². The van der Waals surface area contributed by atoms with Crippen molar-refractivity contribution in [2.75, 3.05) is 5.88 Å². The number of carbonyl (C=O) groups excluding carboxylic acids is 1. The topological polar surface area (TPSA) is 52.9 Å². The minimum Gasteiger partial charge on any atom is -0.314 e. The number of halogens is 3. The Morgan fingerprint density at radius 1 is 1.55 bits per heavy atom. The van der Waals surface area contributed by atoms with Gasteiger partial charge in [0.05, 0.1) is 0 Å². The molecule has 0 bridgehead atoms. The van der Waals surface area contributed by atoms with E-state index in [-0.39, 0.29) is 16.1 Å². The van der Waals surface area contributed by atoms with Crippen LogP contribution in [0.3, 0.4) is 0 Å². The van der Waals surface area contributed by atoms with Crippen LogP contribution in [0.2, 0.25) is 0 Å². The number of nitriles is 1. The molecule has 0 spiro atoms. The van der Waals surface area contributed by atoms with Crippen molar-refractivity contribution < 1.29 is 4.79 Å². The summed E-state index contributed by atoms with van der Waals surface area (Å²) in [6.07, 6.45) is 0. The van der Waals surface area contributed by atoms with Crippen molar-refractivity contribution in [2.24, 2.45) is 0 Å². The highest BCUT2D eigenvalue weighted by atomic mass is 35.5. The van der Waals surface area contributed by atoms with Gasteiger partial charge in [0.15, 0.2) is 5.70 Å². The van der Waals surface area contributed by atoms with Gasteiger partial charge in [-0.05, 0) is 0 Å². The van der Waals surface area contributed by atoms with Crippen LogP contribution in [0.5, 0.6) is 0 Å². The highest BCUT2D eigenvalue weighted by Gasteiger charge is 2.05. The summed E-state index contributed by atoms with van der Waals surface area (Å²) in [6.45, 7) is 0. The minimum atomic E-state index is -0.526. The van der Waals surface area contributed by atoms with E-state index in [1.165, 1.54) is 0 Å². The third-order valence-electron chi connectivity index (χ3n) is 0.687. The van der Waals surface area contributed by atoms with Crippen molar-refractivity contribution in [3.8, 4) is 6.07 Å². The lowest BCUT2D eigenvalue weighted by Gasteiger charge is -1.98. The first-order valence-electron chi connectivity index (χ1n) is 2.43. The molecule has 11 heavy (non-hydrogen) atoms. The van der Waals surface area contributed by atoms with E-state index in [1.54, 1.807) is 6.07 Å². The lowest BCUT2D eigenvalue weighted by Crippen LogP contribution is -2.23. The van der Waals surface area contributed by atoms with E-state index < -0.39 is 5.91 Å². The number of amides is 1. The molecule has 1 amide bonds. The fourth-order valence-electron chi connectivity index (χ4n) is 0.290. The van der Waals surface area contributed by atoms with Crippen LogP contribution in [-0.2, 0) is 4.79 Å². The summed E-state index contributed by atoms with van der Waals surface area (Å²) in [7, 11) is 0. The molecule has 0 aliphatic carbocycles. The smallest absolute Gasteiger partial charge is 0.239 e. The Balaban J connectivity index is 4.26. The third-order valence-corrected chi connectivity index (χ3v) is 1.31. The molecule has 0 saturated heterocycles. The molecule has 0 aromatic heterocycles. The summed E-state index contributed by atoms with van der Waals surface area (Å²) in [4.78, 5) is 10.5. The van der Waals surface area contributed by atoms with Crippen molar-refractivity contribution >= 4 is 40.7 Å². The molecular formula is C5H3Cl3N2O. The van der Waals surface area contributed by atoms with Gasteiger partial charge in [-0.25, -0.2) is 0 Å². The van der Waals surface area contributed by atoms with Crippen molar-refractivity contribution in [3.05, 3.63) is 10.2 Å². The summed E-state index contributed by atoms with van der Waals surface area (Å²) in [5, 5.41) is 10.4. The average Bonchev–Trinajstić information content (AvgIpc) is 1.99. The number of alkyl halides is 1. The van der Waals surface area contributed by atoms with E-state index >= 15 is 0 Å². The Morgan fingerprint density at radius 2 is 2.09 bits per heavy atom. The molecule has 0 aromatic carbocycles. The monoisotopic (exact) mass is 212 g/mol. The molecule has 0 rings (SSSR count).